The average molecular weight is 238 g/mol. The molecule has 0 unspecified atom stereocenters. The third-order valence-electron chi connectivity index (χ3n) is 3.41. The number of piperidine rings is 1. The van der Waals surface area contributed by atoms with Crippen LogP contribution in [-0.4, -0.2) is 44.1 Å². The van der Waals surface area contributed by atoms with Crippen molar-refractivity contribution in [2.24, 2.45) is 0 Å². The van der Waals surface area contributed by atoms with Crippen LogP contribution in [0.25, 0.3) is 0 Å². The number of likely N-dealkylation sites (tertiary alicyclic amines) is 1. The Kier molecular flexibility index (Phi) is 4.50. The quantitative estimate of drug-likeness (QED) is 0.832. The van der Waals surface area contributed by atoms with Gasteiger partial charge < -0.3 is 5.11 Å². The SMILES string of the molecule is CCCN1CCCC[C@H]1Cn1cc(CO)nn1. The van der Waals surface area contributed by atoms with Gasteiger partial charge in [-0.3, -0.25) is 9.58 Å². The smallest absolute Gasteiger partial charge is 0.108 e. The van der Waals surface area contributed by atoms with E-state index < -0.39 is 0 Å². The third kappa shape index (κ3) is 3.26. The van der Waals surface area contributed by atoms with Crippen LogP contribution >= 0.6 is 0 Å². The molecular weight excluding hydrogens is 216 g/mol. The van der Waals surface area contributed by atoms with Crippen LogP contribution in [0.3, 0.4) is 0 Å². The molecule has 0 amide bonds. The predicted octanol–water partition coefficient (Wildman–Crippen LogP) is 1.03. The molecule has 0 saturated carbocycles. The Morgan fingerprint density at radius 3 is 3.06 bits per heavy atom. The molecule has 1 atom stereocenters. The van der Waals surface area contributed by atoms with E-state index >= 15 is 0 Å². The number of aliphatic hydroxyl groups excluding tert-OH is 1. The minimum Gasteiger partial charge on any atom is -0.390 e. The van der Waals surface area contributed by atoms with Crippen molar-refractivity contribution in [2.45, 2.75) is 51.8 Å². The number of aliphatic hydroxyl groups is 1. The van der Waals surface area contributed by atoms with Gasteiger partial charge in [0.2, 0.25) is 0 Å². The molecule has 2 rings (SSSR count). The molecule has 1 aliphatic heterocycles. The molecule has 1 fully saturated rings. The fraction of sp³-hybridized carbons (Fsp3) is 0.833. The van der Waals surface area contributed by atoms with Crippen molar-refractivity contribution in [1.29, 1.82) is 0 Å². The lowest BCUT2D eigenvalue weighted by atomic mass is 10.0. The summed E-state index contributed by atoms with van der Waals surface area (Å²) in [4.78, 5) is 2.56. The average Bonchev–Trinajstić information content (AvgIpc) is 2.80. The lowest BCUT2D eigenvalue weighted by molar-refractivity contribution is 0.129. The van der Waals surface area contributed by atoms with Gasteiger partial charge in [-0.15, -0.1) is 5.10 Å². The van der Waals surface area contributed by atoms with E-state index in [0.717, 1.165) is 6.54 Å². The summed E-state index contributed by atoms with van der Waals surface area (Å²) in [6.07, 6.45) is 6.92. The summed E-state index contributed by atoms with van der Waals surface area (Å²) >= 11 is 0. The van der Waals surface area contributed by atoms with Crippen LogP contribution in [0.4, 0.5) is 0 Å². The van der Waals surface area contributed by atoms with Gasteiger partial charge in [-0.2, -0.15) is 0 Å². The molecule has 1 aromatic rings. The number of nitrogens with zero attached hydrogens (tertiary/aromatic N) is 4. The monoisotopic (exact) mass is 238 g/mol. The molecule has 0 bridgehead atoms. The molecule has 0 aliphatic carbocycles. The molecule has 1 aliphatic rings. The van der Waals surface area contributed by atoms with E-state index in [-0.39, 0.29) is 6.61 Å². The zero-order valence-electron chi connectivity index (χ0n) is 10.5. The van der Waals surface area contributed by atoms with Crippen molar-refractivity contribution < 1.29 is 5.11 Å². The van der Waals surface area contributed by atoms with E-state index in [0.29, 0.717) is 11.7 Å². The van der Waals surface area contributed by atoms with E-state index in [1.807, 2.05) is 10.9 Å². The van der Waals surface area contributed by atoms with Gasteiger partial charge in [0.1, 0.15) is 5.69 Å². The Hall–Kier alpha value is -0.940. The predicted molar refractivity (Wildman–Crippen MR) is 65.4 cm³/mol. The molecule has 5 nitrogen and oxygen atoms in total. The maximum Gasteiger partial charge on any atom is 0.108 e. The largest absolute Gasteiger partial charge is 0.390 e. The van der Waals surface area contributed by atoms with Gasteiger partial charge in [-0.25, -0.2) is 0 Å². The Bertz CT molecular complexity index is 337. The van der Waals surface area contributed by atoms with Crippen LogP contribution < -0.4 is 0 Å². The van der Waals surface area contributed by atoms with Crippen molar-refractivity contribution >= 4 is 0 Å². The molecule has 1 aromatic heterocycles. The Labute approximate surface area is 102 Å². The minimum atomic E-state index is -0.0245. The Morgan fingerprint density at radius 2 is 2.35 bits per heavy atom. The maximum atomic E-state index is 8.97. The van der Waals surface area contributed by atoms with Crippen LogP contribution in [0.5, 0.6) is 0 Å². The number of hydrogen-bond donors (Lipinski definition) is 1. The Balaban J connectivity index is 1.95. The molecule has 0 aromatic carbocycles. The first-order valence-corrected chi connectivity index (χ1v) is 6.57. The maximum absolute atomic E-state index is 8.97. The van der Waals surface area contributed by atoms with Crippen LogP contribution in [0.1, 0.15) is 38.3 Å². The van der Waals surface area contributed by atoms with Crippen LogP contribution in [-0.2, 0) is 13.2 Å². The third-order valence-corrected chi connectivity index (χ3v) is 3.41. The molecule has 17 heavy (non-hydrogen) atoms. The molecule has 0 spiro atoms. The van der Waals surface area contributed by atoms with Crippen molar-refractivity contribution in [1.82, 2.24) is 19.9 Å². The van der Waals surface area contributed by atoms with Crippen LogP contribution in [0, 0.1) is 0 Å². The van der Waals surface area contributed by atoms with Crippen molar-refractivity contribution in [3.05, 3.63) is 11.9 Å². The molecule has 0 radical (unpaired) electrons. The highest BCUT2D eigenvalue weighted by Crippen LogP contribution is 2.18. The van der Waals surface area contributed by atoms with E-state index in [1.54, 1.807) is 0 Å². The fourth-order valence-corrected chi connectivity index (χ4v) is 2.56. The minimum absolute atomic E-state index is 0.0245. The topological polar surface area (TPSA) is 54.2 Å². The van der Waals surface area contributed by atoms with Gasteiger partial charge in [-0.1, -0.05) is 18.6 Å². The summed E-state index contributed by atoms with van der Waals surface area (Å²) in [5.74, 6) is 0. The standard InChI is InChI=1S/C12H22N4O/c1-2-6-15-7-4-3-5-12(15)9-16-8-11(10-17)13-14-16/h8,12,17H,2-7,9-10H2,1H3/t12-/m0/s1. The summed E-state index contributed by atoms with van der Waals surface area (Å²) in [5.41, 5.74) is 0.655. The van der Waals surface area contributed by atoms with E-state index in [2.05, 4.69) is 22.1 Å². The summed E-state index contributed by atoms with van der Waals surface area (Å²) in [6.45, 7) is 5.48. The van der Waals surface area contributed by atoms with Crippen LogP contribution in [0.2, 0.25) is 0 Å². The normalized spacial score (nSPS) is 21.9. The van der Waals surface area contributed by atoms with Gasteiger partial charge in [0.25, 0.3) is 0 Å². The Morgan fingerprint density at radius 1 is 1.47 bits per heavy atom. The highest BCUT2D eigenvalue weighted by molar-refractivity contribution is 4.90. The molecule has 5 heteroatoms. The summed E-state index contributed by atoms with van der Waals surface area (Å²) in [5, 5.41) is 16.9. The van der Waals surface area contributed by atoms with Gasteiger partial charge in [0.15, 0.2) is 0 Å². The van der Waals surface area contributed by atoms with Crippen molar-refractivity contribution in [2.75, 3.05) is 13.1 Å². The zero-order chi connectivity index (χ0) is 12.1. The van der Waals surface area contributed by atoms with E-state index in [9.17, 15) is 0 Å². The second-order valence-corrected chi connectivity index (χ2v) is 4.78. The second kappa shape index (κ2) is 6.12. The van der Waals surface area contributed by atoms with Crippen LogP contribution in [0.15, 0.2) is 6.20 Å². The summed E-state index contributed by atoms with van der Waals surface area (Å²) < 4.78 is 1.87. The zero-order valence-corrected chi connectivity index (χ0v) is 10.5. The molecular formula is C12H22N4O. The highest BCUT2D eigenvalue weighted by atomic mass is 16.3. The number of aromatic nitrogens is 3. The highest BCUT2D eigenvalue weighted by Gasteiger charge is 2.22. The van der Waals surface area contributed by atoms with Gasteiger partial charge in [-0.05, 0) is 32.4 Å². The lowest BCUT2D eigenvalue weighted by Crippen LogP contribution is -2.42. The van der Waals surface area contributed by atoms with Crippen molar-refractivity contribution in [3.63, 3.8) is 0 Å². The van der Waals surface area contributed by atoms with Gasteiger partial charge in [0.05, 0.1) is 19.3 Å². The summed E-state index contributed by atoms with van der Waals surface area (Å²) in [7, 11) is 0. The number of rotatable bonds is 5. The van der Waals surface area contributed by atoms with Gasteiger partial charge >= 0.3 is 0 Å². The number of hydrogen-bond acceptors (Lipinski definition) is 4. The first-order valence-electron chi connectivity index (χ1n) is 6.57. The first-order chi connectivity index (χ1) is 8.33. The van der Waals surface area contributed by atoms with Crippen molar-refractivity contribution in [3.8, 4) is 0 Å². The second-order valence-electron chi connectivity index (χ2n) is 4.78. The first kappa shape index (κ1) is 12.5. The fourth-order valence-electron chi connectivity index (χ4n) is 2.56. The summed E-state index contributed by atoms with van der Waals surface area (Å²) in [6, 6.07) is 0.581. The molecule has 96 valence electrons. The molecule has 1 saturated heterocycles. The molecule has 2 heterocycles. The van der Waals surface area contributed by atoms with E-state index in [4.69, 9.17) is 5.11 Å². The molecule has 1 N–H and O–H groups in total. The lowest BCUT2D eigenvalue weighted by Gasteiger charge is -2.35. The van der Waals surface area contributed by atoms with Gasteiger partial charge in [0, 0.05) is 6.04 Å². The van der Waals surface area contributed by atoms with E-state index in [1.165, 1.54) is 38.8 Å².